The third-order valence-electron chi connectivity index (χ3n) is 3.08. The van der Waals surface area contributed by atoms with Crippen molar-refractivity contribution in [2.24, 2.45) is 0 Å². The topological polar surface area (TPSA) is 59.0 Å². The normalized spacial score (nSPS) is 11.1. The highest BCUT2D eigenvalue weighted by Gasteiger charge is 2.12. The molecule has 5 heteroatoms. The number of nitrogens with zero attached hydrogens (tertiary/aromatic N) is 2. The Morgan fingerprint density at radius 3 is 2.63 bits per heavy atom. The summed E-state index contributed by atoms with van der Waals surface area (Å²) in [4.78, 5) is 11.6. The zero-order chi connectivity index (χ0) is 14.4. The molecule has 1 aromatic rings. The number of rotatable bonds is 7. The van der Waals surface area contributed by atoms with Crippen molar-refractivity contribution in [1.82, 2.24) is 20.4 Å². The lowest BCUT2D eigenvalue weighted by atomic mass is 10.2. The fourth-order valence-electron chi connectivity index (χ4n) is 2.06. The van der Waals surface area contributed by atoms with Gasteiger partial charge in [-0.05, 0) is 34.2 Å². The third-order valence-corrected chi connectivity index (χ3v) is 3.08. The van der Waals surface area contributed by atoms with E-state index in [9.17, 15) is 4.79 Å². The van der Waals surface area contributed by atoms with Crippen molar-refractivity contribution in [1.29, 1.82) is 0 Å². The Morgan fingerprint density at radius 2 is 2.05 bits per heavy atom. The molecule has 0 unspecified atom stereocenters. The van der Waals surface area contributed by atoms with E-state index < -0.39 is 0 Å². The summed E-state index contributed by atoms with van der Waals surface area (Å²) in [6.07, 6.45) is 0.473. The van der Waals surface area contributed by atoms with Gasteiger partial charge in [0.25, 0.3) is 0 Å². The second-order valence-corrected chi connectivity index (χ2v) is 5.13. The van der Waals surface area contributed by atoms with Crippen molar-refractivity contribution in [3.05, 3.63) is 17.0 Å². The number of aryl methyl sites for hydroxylation is 2. The van der Waals surface area contributed by atoms with Crippen LogP contribution in [0.4, 0.5) is 0 Å². The van der Waals surface area contributed by atoms with Gasteiger partial charge in [0.15, 0.2) is 0 Å². The minimum Gasteiger partial charge on any atom is -0.354 e. The Labute approximate surface area is 115 Å². The highest BCUT2D eigenvalue weighted by Crippen LogP contribution is 2.13. The maximum absolute atomic E-state index is 11.6. The van der Waals surface area contributed by atoms with Crippen LogP contribution in [0.15, 0.2) is 0 Å². The van der Waals surface area contributed by atoms with Crippen molar-refractivity contribution < 1.29 is 4.79 Å². The first-order valence-corrected chi connectivity index (χ1v) is 6.98. The van der Waals surface area contributed by atoms with E-state index in [2.05, 4.69) is 29.6 Å². The number of aromatic nitrogens is 2. The monoisotopic (exact) mass is 266 g/mol. The number of hydrogen-bond acceptors (Lipinski definition) is 3. The van der Waals surface area contributed by atoms with Crippen LogP contribution >= 0.6 is 0 Å². The summed E-state index contributed by atoms with van der Waals surface area (Å²) in [7, 11) is 0. The summed E-state index contributed by atoms with van der Waals surface area (Å²) in [5.41, 5.74) is 3.43. The van der Waals surface area contributed by atoms with Gasteiger partial charge < -0.3 is 10.6 Å². The number of amides is 1. The minimum atomic E-state index is 0.0794. The molecule has 0 saturated carbocycles. The fraction of sp³-hybridized carbons (Fsp3) is 0.714. The van der Waals surface area contributed by atoms with Gasteiger partial charge in [-0.3, -0.25) is 9.48 Å². The molecule has 0 radical (unpaired) electrons. The predicted octanol–water partition coefficient (Wildman–Crippen LogP) is 1.52. The van der Waals surface area contributed by atoms with Gasteiger partial charge in [-0.25, -0.2) is 0 Å². The van der Waals surface area contributed by atoms with E-state index in [1.165, 1.54) is 5.56 Å². The molecule has 19 heavy (non-hydrogen) atoms. The van der Waals surface area contributed by atoms with Crippen LogP contribution in [-0.4, -0.2) is 28.3 Å². The number of carbonyl (C=O) groups excluding carboxylic acids is 1. The van der Waals surface area contributed by atoms with Crippen LogP contribution in [-0.2, 0) is 17.9 Å². The lowest BCUT2D eigenvalue weighted by Crippen LogP contribution is -2.30. The van der Waals surface area contributed by atoms with Gasteiger partial charge in [0.1, 0.15) is 0 Å². The van der Waals surface area contributed by atoms with Gasteiger partial charge in [0.2, 0.25) is 5.91 Å². The summed E-state index contributed by atoms with van der Waals surface area (Å²) in [5.74, 6) is 0.0794. The van der Waals surface area contributed by atoms with Crippen LogP contribution in [0.2, 0.25) is 0 Å². The molecule has 0 bridgehead atoms. The van der Waals surface area contributed by atoms with Gasteiger partial charge in [-0.1, -0.05) is 6.92 Å². The van der Waals surface area contributed by atoms with Crippen molar-refractivity contribution in [2.45, 2.75) is 60.2 Å². The summed E-state index contributed by atoms with van der Waals surface area (Å²) >= 11 is 0. The average Bonchev–Trinajstić information content (AvgIpc) is 2.59. The van der Waals surface area contributed by atoms with Gasteiger partial charge >= 0.3 is 0 Å². The highest BCUT2D eigenvalue weighted by atomic mass is 16.1. The molecule has 1 aromatic heterocycles. The van der Waals surface area contributed by atoms with E-state index in [0.717, 1.165) is 24.5 Å². The second kappa shape index (κ2) is 7.28. The number of nitrogens with one attached hydrogen (secondary N) is 2. The first-order chi connectivity index (χ1) is 8.95. The standard InChI is InChI=1S/C14H26N4O/c1-6-15-9-13-11(4)17-18(12(13)5)8-7-14(19)16-10(2)3/h10,15H,6-9H2,1-5H3,(H,16,19). The van der Waals surface area contributed by atoms with Crippen LogP contribution < -0.4 is 10.6 Å². The van der Waals surface area contributed by atoms with E-state index >= 15 is 0 Å². The van der Waals surface area contributed by atoms with E-state index in [4.69, 9.17) is 0 Å². The third kappa shape index (κ3) is 4.67. The van der Waals surface area contributed by atoms with Crippen LogP contribution in [0.25, 0.3) is 0 Å². The predicted molar refractivity (Wildman–Crippen MR) is 77.0 cm³/mol. The lowest BCUT2D eigenvalue weighted by molar-refractivity contribution is -0.121. The molecule has 0 atom stereocenters. The molecule has 0 aliphatic heterocycles. The fourth-order valence-corrected chi connectivity index (χ4v) is 2.06. The quantitative estimate of drug-likeness (QED) is 0.787. The molecule has 108 valence electrons. The van der Waals surface area contributed by atoms with Crippen molar-refractivity contribution >= 4 is 5.91 Å². The Morgan fingerprint density at radius 1 is 1.37 bits per heavy atom. The van der Waals surface area contributed by atoms with Crippen LogP contribution in [0.3, 0.4) is 0 Å². The van der Waals surface area contributed by atoms with Crippen LogP contribution in [0.5, 0.6) is 0 Å². The minimum absolute atomic E-state index is 0.0794. The summed E-state index contributed by atoms with van der Waals surface area (Å²) in [6, 6.07) is 0.192. The van der Waals surface area contributed by atoms with Gasteiger partial charge in [0.05, 0.1) is 5.69 Å². The highest BCUT2D eigenvalue weighted by molar-refractivity contribution is 5.76. The second-order valence-electron chi connectivity index (χ2n) is 5.13. The average molecular weight is 266 g/mol. The molecule has 1 amide bonds. The molecule has 0 aromatic carbocycles. The van der Waals surface area contributed by atoms with E-state index in [-0.39, 0.29) is 11.9 Å². The molecule has 0 aliphatic carbocycles. The number of hydrogen-bond donors (Lipinski definition) is 2. The van der Waals surface area contributed by atoms with Crippen molar-refractivity contribution in [3.63, 3.8) is 0 Å². The molecule has 0 saturated heterocycles. The number of carbonyl (C=O) groups is 1. The molecule has 5 nitrogen and oxygen atoms in total. The SMILES string of the molecule is CCNCc1c(C)nn(CCC(=O)NC(C)C)c1C. The summed E-state index contributed by atoms with van der Waals surface area (Å²) in [6.45, 7) is 12.5. The first kappa shape index (κ1) is 15.7. The van der Waals surface area contributed by atoms with E-state index in [0.29, 0.717) is 13.0 Å². The smallest absolute Gasteiger partial charge is 0.222 e. The maximum atomic E-state index is 11.6. The molecule has 1 rings (SSSR count). The zero-order valence-electron chi connectivity index (χ0n) is 12.7. The Hall–Kier alpha value is -1.36. The lowest BCUT2D eigenvalue weighted by Gasteiger charge is -2.09. The summed E-state index contributed by atoms with van der Waals surface area (Å²) < 4.78 is 1.93. The molecule has 2 N–H and O–H groups in total. The summed E-state index contributed by atoms with van der Waals surface area (Å²) in [5, 5.41) is 10.7. The molecule has 0 spiro atoms. The molecule has 0 fully saturated rings. The van der Waals surface area contributed by atoms with Crippen LogP contribution in [0.1, 0.15) is 44.1 Å². The Bertz CT molecular complexity index is 423. The molecule has 1 heterocycles. The maximum Gasteiger partial charge on any atom is 0.222 e. The molecule has 0 aliphatic rings. The Balaban J connectivity index is 2.62. The van der Waals surface area contributed by atoms with E-state index in [1.54, 1.807) is 0 Å². The molecular formula is C14H26N4O. The molecular weight excluding hydrogens is 240 g/mol. The van der Waals surface area contributed by atoms with Gasteiger partial charge in [0, 0.05) is 36.8 Å². The van der Waals surface area contributed by atoms with Crippen molar-refractivity contribution in [2.75, 3.05) is 6.54 Å². The first-order valence-electron chi connectivity index (χ1n) is 6.98. The van der Waals surface area contributed by atoms with Gasteiger partial charge in [-0.15, -0.1) is 0 Å². The largest absolute Gasteiger partial charge is 0.354 e. The Kier molecular flexibility index (Phi) is 6.02. The zero-order valence-corrected chi connectivity index (χ0v) is 12.7. The van der Waals surface area contributed by atoms with E-state index in [1.807, 2.05) is 25.5 Å². The van der Waals surface area contributed by atoms with Crippen molar-refractivity contribution in [3.8, 4) is 0 Å². The van der Waals surface area contributed by atoms with Gasteiger partial charge in [-0.2, -0.15) is 5.10 Å². The van der Waals surface area contributed by atoms with Crippen LogP contribution in [0, 0.1) is 13.8 Å².